The maximum Gasteiger partial charge on any atom is 0.0250 e. The summed E-state index contributed by atoms with van der Waals surface area (Å²) in [4.78, 5) is 2.63. The van der Waals surface area contributed by atoms with E-state index in [1.54, 1.807) is 0 Å². The van der Waals surface area contributed by atoms with Crippen LogP contribution in [0.2, 0.25) is 0 Å². The van der Waals surface area contributed by atoms with Crippen molar-refractivity contribution in [2.75, 3.05) is 19.6 Å². The molecule has 1 saturated heterocycles. The SMILES string of the molecule is CCC(C)C1CNCCN1Cc1ccccc1Br. The average molecular weight is 311 g/mol. The lowest BCUT2D eigenvalue weighted by atomic mass is 9.95. The van der Waals surface area contributed by atoms with E-state index in [1.807, 2.05) is 0 Å². The van der Waals surface area contributed by atoms with Crippen molar-refractivity contribution in [1.82, 2.24) is 10.2 Å². The summed E-state index contributed by atoms with van der Waals surface area (Å²) in [7, 11) is 0. The number of hydrogen-bond donors (Lipinski definition) is 1. The van der Waals surface area contributed by atoms with Crippen LogP contribution in [0.25, 0.3) is 0 Å². The molecule has 18 heavy (non-hydrogen) atoms. The Kier molecular flexibility index (Phi) is 5.22. The molecule has 1 aliphatic rings. The highest BCUT2D eigenvalue weighted by atomic mass is 79.9. The number of benzene rings is 1. The largest absolute Gasteiger partial charge is 0.314 e. The van der Waals surface area contributed by atoms with Gasteiger partial charge in [-0.15, -0.1) is 0 Å². The fourth-order valence-corrected chi connectivity index (χ4v) is 3.05. The lowest BCUT2D eigenvalue weighted by molar-refractivity contribution is 0.109. The molecule has 1 aromatic carbocycles. The number of hydrogen-bond acceptors (Lipinski definition) is 2. The van der Waals surface area contributed by atoms with E-state index >= 15 is 0 Å². The number of nitrogens with one attached hydrogen (secondary N) is 1. The van der Waals surface area contributed by atoms with Gasteiger partial charge in [0.1, 0.15) is 0 Å². The molecule has 0 radical (unpaired) electrons. The topological polar surface area (TPSA) is 15.3 Å². The Morgan fingerprint density at radius 3 is 2.94 bits per heavy atom. The van der Waals surface area contributed by atoms with Crippen LogP contribution in [-0.4, -0.2) is 30.6 Å². The van der Waals surface area contributed by atoms with Gasteiger partial charge in [-0.25, -0.2) is 0 Å². The second-order valence-corrected chi connectivity index (χ2v) is 6.07. The minimum atomic E-state index is 0.663. The third-order valence-electron chi connectivity index (χ3n) is 4.03. The molecule has 0 aliphatic carbocycles. The lowest BCUT2D eigenvalue weighted by Gasteiger charge is -2.39. The molecule has 1 N–H and O–H groups in total. The molecule has 0 aromatic heterocycles. The van der Waals surface area contributed by atoms with Crippen molar-refractivity contribution >= 4 is 15.9 Å². The van der Waals surface area contributed by atoms with Crippen LogP contribution >= 0.6 is 15.9 Å². The third kappa shape index (κ3) is 3.34. The van der Waals surface area contributed by atoms with E-state index in [1.165, 1.54) is 16.5 Å². The van der Waals surface area contributed by atoms with Gasteiger partial charge in [-0.1, -0.05) is 54.4 Å². The molecule has 1 fully saturated rings. The summed E-state index contributed by atoms with van der Waals surface area (Å²) in [6.45, 7) is 9.09. The molecule has 0 bridgehead atoms. The van der Waals surface area contributed by atoms with Gasteiger partial charge >= 0.3 is 0 Å². The highest BCUT2D eigenvalue weighted by Gasteiger charge is 2.26. The maximum absolute atomic E-state index is 3.65. The Morgan fingerprint density at radius 2 is 2.22 bits per heavy atom. The fraction of sp³-hybridized carbons (Fsp3) is 0.600. The zero-order valence-electron chi connectivity index (χ0n) is 11.3. The van der Waals surface area contributed by atoms with E-state index in [2.05, 4.69) is 64.3 Å². The van der Waals surface area contributed by atoms with Crippen LogP contribution in [-0.2, 0) is 6.54 Å². The maximum atomic E-state index is 3.65. The van der Waals surface area contributed by atoms with Crippen LogP contribution in [0.15, 0.2) is 28.7 Å². The monoisotopic (exact) mass is 310 g/mol. The van der Waals surface area contributed by atoms with E-state index < -0.39 is 0 Å². The van der Waals surface area contributed by atoms with Crippen LogP contribution in [0.1, 0.15) is 25.8 Å². The molecule has 1 aliphatic heterocycles. The van der Waals surface area contributed by atoms with Crippen molar-refractivity contribution in [2.45, 2.75) is 32.9 Å². The predicted octanol–water partition coefficient (Wildman–Crippen LogP) is 3.27. The van der Waals surface area contributed by atoms with Gasteiger partial charge in [0.2, 0.25) is 0 Å². The van der Waals surface area contributed by atoms with Crippen LogP contribution in [0.4, 0.5) is 0 Å². The van der Waals surface area contributed by atoms with Gasteiger partial charge < -0.3 is 5.32 Å². The molecule has 0 amide bonds. The van der Waals surface area contributed by atoms with Crippen molar-refractivity contribution in [3.8, 4) is 0 Å². The molecule has 2 atom stereocenters. The summed E-state index contributed by atoms with van der Waals surface area (Å²) in [5.41, 5.74) is 1.40. The number of nitrogens with zero attached hydrogens (tertiary/aromatic N) is 1. The standard InChI is InChI=1S/C15H23BrN2/c1-3-12(2)15-10-17-8-9-18(15)11-13-6-4-5-7-14(13)16/h4-7,12,15,17H,3,8-11H2,1-2H3. The molecule has 3 heteroatoms. The van der Waals surface area contributed by atoms with Gasteiger partial charge in [-0.3, -0.25) is 4.90 Å². The Morgan fingerprint density at radius 1 is 1.44 bits per heavy atom. The molecule has 0 saturated carbocycles. The predicted molar refractivity (Wildman–Crippen MR) is 80.7 cm³/mol. The first kappa shape index (κ1) is 14.0. The zero-order valence-corrected chi connectivity index (χ0v) is 12.9. The van der Waals surface area contributed by atoms with E-state index in [4.69, 9.17) is 0 Å². The zero-order chi connectivity index (χ0) is 13.0. The Balaban J connectivity index is 2.08. The third-order valence-corrected chi connectivity index (χ3v) is 4.80. The summed E-state index contributed by atoms with van der Waals surface area (Å²) >= 11 is 3.65. The average Bonchev–Trinajstić information content (AvgIpc) is 2.41. The van der Waals surface area contributed by atoms with Crippen molar-refractivity contribution < 1.29 is 0 Å². The molecule has 1 aromatic rings. The van der Waals surface area contributed by atoms with Gasteiger partial charge in [0.25, 0.3) is 0 Å². The molecule has 2 nitrogen and oxygen atoms in total. The molecule has 1 heterocycles. The van der Waals surface area contributed by atoms with Crippen LogP contribution in [0, 0.1) is 5.92 Å². The summed E-state index contributed by atoms with van der Waals surface area (Å²) in [5, 5.41) is 3.53. The first-order valence-corrected chi connectivity index (χ1v) is 7.69. The normalized spacial score (nSPS) is 22.9. The first-order valence-electron chi connectivity index (χ1n) is 6.90. The van der Waals surface area contributed by atoms with E-state index in [0.717, 1.165) is 32.1 Å². The van der Waals surface area contributed by atoms with Crippen molar-refractivity contribution in [3.05, 3.63) is 34.3 Å². The first-order chi connectivity index (χ1) is 8.72. The summed E-state index contributed by atoms with van der Waals surface area (Å²) in [6, 6.07) is 9.23. The smallest absolute Gasteiger partial charge is 0.0250 e. The minimum absolute atomic E-state index is 0.663. The second-order valence-electron chi connectivity index (χ2n) is 5.22. The second kappa shape index (κ2) is 6.69. The Labute approximate surface area is 119 Å². The van der Waals surface area contributed by atoms with Gasteiger partial charge in [0.15, 0.2) is 0 Å². The van der Waals surface area contributed by atoms with Gasteiger partial charge in [-0.05, 0) is 17.5 Å². The number of rotatable bonds is 4. The van der Waals surface area contributed by atoms with Crippen LogP contribution < -0.4 is 5.32 Å². The number of halogens is 1. The molecule has 100 valence electrons. The Bertz CT molecular complexity index is 381. The minimum Gasteiger partial charge on any atom is -0.314 e. The van der Waals surface area contributed by atoms with E-state index in [9.17, 15) is 0 Å². The summed E-state index contributed by atoms with van der Waals surface area (Å²) in [6.07, 6.45) is 1.25. The summed E-state index contributed by atoms with van der Waals surface area (Å²) < 4.78 is 1.23. The fourth-order valence-electron chi connectivity index (χ4n) is 2.64. The van der Waals surface area contributed by atoms with Gasteiger partial charge in [-0.2, -0.15) is 0 Å². The van der Waals surface area contributed by atoms with Gasteiger partial charge in [0, 0.05) is 36.7 Å². The van der Waals surface area contributed by atoms with Crippen molar-refractivity contribution in [1.29, 1.82) is 0 Å². The molecule has 2 unspecified atom stereocenters. The highest BCUT2D eigenvalue weighted by Crippen LogP contribution is 2.22. The quantitative estimate of drug-likeness (QED) is 0.918. The van der Waals surface area contributed by atoms with Crippen molar-refractivity contribution in [3.63, 3.8) is 0 Å². The molecule has 0 spiro atoms. The van der Waals surface area contributed by atoms with Crippen LogP contribution in [0.3, 0.4) is 0 Å². The van der Waals surface area contributed by atoms with Gasteiger partial charge in [0.05, 0.1) is 0 Å². The number of piperazine rings is 1. The van der Waals surface area contributed by atoms with E-state index in [-0.39, 0.29) is 0 Å². The molecular formula is C15H23BrN2. The highest BCUT2D eigenvalue weighted by molar-refractivity contribution is 9.10. The van der Waals surface area contributed by atoms with Crippen LogP contribution in [0.5, 0.6) is 0 Å². The lowest BCUT2D eigenvalue weighted by Crippen LogP contribution is -2.53. The molecular weight excluding hydrogens is 288 g/mol. The summed E-state index contributed by atoms with van der Waals surface area (Å²) in [5.74, 6) is 0.750. The van der Waals surface area contributed by atoms with Crippen molar-refractivity contribution in [2.24, 2.45) is 5.92 Å². The Hall–Kier alpha value is -0.380. The van der Waals surface area contributed by atoms with E-state index in [0.29, 0.717) is 6.04 Å². The molecule has 2 rings (SSSR count).